The Bertz CT molecular complexity index is 951. The van der Waals surface area contributed by atoms with Gasteiger partial charge in [-0.05, 0) is 31.0 Å². The third-order valence-electron chi connectivity index (χ3n) is 4.18. The molecule has 1 saturated heterocycles. The summed E-state index contributed by atoms with van der Waals surface area (Å²) in [6, 6.07) is 3.36. The third-order valence-corrected chi connectivity index (χ3v) is 4.18. The largest absolute Gasteiger partial charge is 0.416 e. The van der Waals surface area contributed by atoms with Gasteiger partial charge in [-0.2, -0.15) is 13.2 Å². The third kappa shape index (κ3) is 2.16. The van der Waals surface area contributed by atoms with Crippen molar-refractivity contribution >= 4 is 22.5 Å². The molecule has 2 aromatic heterocycles. The lowest BCUT2D eigenvalue weighted by molar-refractivity contribution is -0.137. The van der Waals surface area contributed by atoms with E-state index in [2.05, 4.69) is 9.97 Å². The normalized spacial score (nSPS) is 15.9. The number of nitrogens with one attached hydrogen (secondary N) is 1. The zero-order valence-corrected chi connectivity index (χ0v) is 12.0. The fourth-order valence-electron chi connectivity index (χ4n) is 3.07. The van der Waals surface area contributed by atoms with Crippen molar-refractivity contribution in [3.63, 3.8) is 0 Å². The number of aromatic nitrogens is 3. The second-order valence-electron chi connectivity index (χ2n) is 5.66. The van der Waals surface area contributed by atoms with E-state index in [0.29, 0.717) is 17.0 Å². The van der Waals surface area contributed by atoms with Crippen LogP contribution in [0.5, 0.6) is 0 Å². The average Bonchev–Trinajstić information content (AvgIpc) is 3.15. The van der Waals surface area contributed by atoms with Crippen molar-refractivity contribution < 1.29 is 13.2 Å². The van der Waals surface area contributed by atoms with Crippen molar-refractivity contribution in [1.82, 2.24) is 14.4 Å². The number of fused-ring (bicyclic) bond motifs is 3. The second-order valence-corrected chi connectivity index (χ2v) is 5.66. The Labute approximate surface area is 128 Å². The Balaban J connectivity index is 2.03. The first kappa shape index (κ1) is 14.1. The topological polar surface area (TPSA) is 53.4 Å². The average molecular weight is 322 g/mol. The van der Waals surface area contributed by atoms with Gasteiger partial charge in [0.05, 0.1) is 22.8 Å². The zero-order chi connectivity index (χ0) is 16.2. The minimum Gasteiger partial charge on any atom is -0.342 e. The summed E-state index contributed by atoms with van der Waals surface area (Å²) in [5.74, 6) is 0.605. The fourth-order valence-corrected chi connectivity index (χ4v) is 3.07. The number of rotatable bonds is 1. The summed E-state index contributed by atoms with van der Waals surface area (Å²) in [6.07, 6.45) is -0.918. The summed E-state index contributed by atoms with van der Waals surface area (Å²) < 4.78 is 40.3. The van der Waals surface area contributed by atoms with E-state index in [4.69, 9.17) is 0 Å². The van der Waals surface area contributed by atoms with Gasteiger partial charge in [-0.1, -0.05) is 0 Å². The Morgan fingerprint density at radius 1 is 1.13 bits per heavy atom. The number of H-pyrrole nitrogens is 1. The Hall–Kier alpha value is -2.51. The minimum atomic E-state index is -4.45. The molecular weight excluding hydrogens is 309 g/mol. The molecule has 0 amide bonds. The lowest BCUT2D eigenvalue weighted by Gasteiger charge is -2.16. The molecule has 1 aliphatic rings. The van der Waals surface area contributed by atoms with E-state index in [1.807, 2.05) is 4.90 Å². The standard InChI is InChI=1S/C15H13F3N4O/c16-15(17,18)9-3-4-11-10(7-9)20-13(23)12-8-19-14(22(11)12)21-5-1-2-6-21/h3-4,7-8H,1-2,5-6H2,(H,20,23). The molecule has 0 spiro atoms. The van der Waals surface area contributed by atoms with Crippen LogP contribution in [0.2, 0.25) is 0 Å². The van der Waals surface area contributed by atoms with Crippen molar-refractivity contribution in [1.29, 1.82) is 0 Å². The Morgan fingerprint density at radius 2 is 1.87 bits per heavy atom. The summed E-state index contributed by atoms with van der Waals surface area (Å²) >= 11 is 0. The quantitative estimate of drug-likeness (QED) is 0.749. The van der Waals surface area contributed by atoms with Crippen LogP contribution in [-0.4, -0.2) is 27.5 Å². The van der Waals surface area contributed by atoms with Gasteiger partial charge in [0.25, 0.3) is 5.56 Å². The number of hydrogen-bond acceptors (Lipinski definition) is 3. The first-order chi connectivity index (χ1) is 10.9. The van der Waals surface area contributed by atoms with Gasteiger partial charge in [0.1, 0.15) is 5.52 Å². The number of imidazole rings is 1. The van der Waals surface area contributed by atoms with Crippen LogP contribution in [0.1, 0.15) is 18.4 Å². The molecule has 1 fully saturated rings. The predicted molar refractivity (Wildman–Crippen MR) is 79.8 cm³/mol. The number of anilines is 1. The molecule has 23 heavy (non-hydrogen) atoms. The molecule has 8 heteroatoms. The van der Waals surface area contributed by atoms with Crippen LogP contribution in [0.25, 0.3) is 16.6 Å². The van der Waals surface area contributed by atoms with Crippen LogP contribution in [0.4, 0.5) is 19.1 Å². The fraction of sp³-hybridized carbons (Fsp3) is 0.333. The summed E-state index contributed by atoms with van der Waals surface area (Å²) in [5.41, 5.74) is -0.250. The van der Waals surface area contributed by atoms with E-state index in [-0.39, 0.29) is 5.52 Å². The molecule has 0 atom stereocenters. The molecule has 0 bridgehead atoms. The van der Waals surface area contributed by atoms with Gasteiger partial charge in [0.2, 0.25) is 5.95 Å². The van der Waals surface area contributed by atoms with Gasteiger partial charge in [-0.15, -0.1) is 0 Å². The predicted octanol–water partition coefficient (Wildman–Crippen LogP) is 2.79. The lowest BCUT2D eigenvalue weighted by atomic mass is 10.2. The van der Waals surface area contributed by atoms with Crippen LogP contribution in [-0.2, 0) is 6.18 Å². The number of nitrogens with zero attached hydrogens (tertiary/aromatic N) is 3. The van der Waals surface area contributed by atoms with E-state index in [0.717, 1.165) is 38.1 Å². The van der Waals surface area contributed by atoms with Gasteiger partial charge in [-0.3, -0.25) is 9.20 Å². The molecule has 120 valence electrons. The maximum atomic E-state index is 12.9. The number of aromatic amines is 1. The monoisotopic (exact) mass is 322 g/mol. The van der Waals surface area contributed by atoms with E-state index in [1.165, 1.54) is 12.3 Å². The highest BCUT2D eigenvalue weighted by molar-refractivity contribution is 5.80. The van der Waals surface area contributed by atoms with Gasteiger partial charge in [0, 0.05) is 13.1 Å². The van der Waals surface area contributed by atoms with E-state index < -0.39 is 17.3 Å². The maximum absolute atomic E-state index is 12.9. The highest BCUT2D eigenvalue weighted by Crippen LogP contribution is 2.31. The van der Waals surface area contributed by atoms with Crippen LogP contribution < -0.4 is 10.5 Å². The molecule has 5 nitrogen and oxygen atoms in total. The summed E-state index contributed by atoms with van der Waals surface area (Å²) in [6.45, 7) is 1.65. The van der Waals surface area contributed by atoms with E-state index >= 15 is 0 Å². The molecule has 1 aliphatic heterocycles. The maximum Gasteiger partial charge on any atom is 0.416 e. The van der Waals surface area contributed by atoms with Crippen LogP contribution in [0.3, 0.4) is 0 Å². The van der Waals surface area contributed by atoms with Gasteiger partial charge < -0.3 is 9.88 Å². The minimum absolute atomic E-state index is 0.149. The number of halogens is 3. The highest BCUT2D eigenvalue weighted by Gasteiger charge is 2.31. The zero-order valence-electron chi connectivity index (χ0n) is 12.0. The molecule has 0 unspecified atom stereocenters. The first-order valence-corrected chi connectivity index (χ1v) is 7.31. The summed E-state index contributed by atoms with van der Waals surface area (Å²) in [5, 5.41) is 0. The molecule has 3 heterocycles. The molecule has 3 aromatic rings. The lowest BCUT2D eigenvalue weighted by Crippen LogP contribution is -2.21. The van der Waals surface area contributed by atoms with Crippen molar-refractivity contribution in [2.24, 2.45) is 0 Å². The molecule has 1 N–H and O–H groups in total. The summed E-state index contributed by atoms with van der Waals surface area (Å²) in [7, 11) is 0. The van der Waals surface area contributed by atoms with Crippen LogP contribution >= 0.6 is 0 Å². The van der Waals surface area contributed by atoms with Crippen LogP contribution in [0.15, 0.2) is 29.2 Å². The molecule has 1 aromatic carbocycles. The first-order valence-electron chi connectivity index (χ1n) is 7.31. The van der Waals surface area contributed by atoms with Gasteiger partial charge in [0.15, 0.2) is 0 Å². The van der Waals surface area contributed by atoms with Crippen molar-refractivity contribution in [2.45, 2.75) is 19.0 Å². The smallest absolute Gasteiger partial charge is 0.342 e. The molecule has 0 saturated carbocycles. The highest BCUT2D eigenvalue weighted by atomic mass is 19.4. The molecule has 0 radical (unpaired) electrons. The van der Waals surface area contributed by atoms with Gasteiger partial charge in [-0.25, -0.2) is 4.98 Å². The van der Waals surface area contributed by atoms with E-state index in [9.17, 15) is 18.0 Å². The second kappa shape index (κ2) is 4.74. The SMILES string of the molecule is O=c1[nH]c2cc(C(F)(F)F)ccc2n2c(N3CCCC3)ncc12. The number of benzene rings is 1. The van der Waals surface area contributed by atoms with Gasteiger partial charge >= 0.3 is 6.18 Å². The molecule has 0 aliphatic carbocycles. The number of alkyl halides is 3. The summed E-state index contributed by atoms with van der Waals surface area (Å²) in [4.78, 5) is 21.0. The molecule has 4 rings (SSSR count). The Morgan fingerprint density at radius 3 is 2.57 bits per heavy atom. The van der Waals surface area contributed by atoms with Crippen molar-refractivity contribution in [3.05, 3.63) is 40.3 Å². The number of hydrogen-bond donors (Lipinski definition) is 1. The molecular formula is C15H13F3N4O. The van der Waals surface area contributed by atoms with E-state index in [1.54, 1.807) is 4.40 Å². The van der Waals surface area contributed by atoms with Crippen LogP contribution in [0, 0.1) is 0 Å². The van der Waals surface area contributed by atoms with Crippen molar-refractivity contribution in [2.75, 3.05) is 18.0 Å². The van der Waals surface area contributed by atoms with Crippen molar-refractivity contribution in [3.8, 4) is 0 Å². The Kier molecular flexibility index (Phi) is 2.91.